The molecule has 29 heavy (non-hydrogen) atoms. The molecule has 0 fully saturated rings. The number of ketones is 1. The van der Waals surface area contributed by atoms with Gasteiger partial charge >= 0.3 is 0 Å². The lowest BCUT2D eigenvalue weighted by molar-refractivity contribution is -0.140. The SMILES string of the molecule is COCCN1C(=O)C(O)=C(C(=O)c2ccc(C)o2)C12C(=O)N(C)c1ccccc12. The number of benzene rings is 1. The van der Waals surface area contributed by atoms with Gasteiger partial charge in [-0.05, 0) is 25.1 Å². The van der Waals surface area contributed by atoms with Gasteiger partial charge in [0.05, 0.1) is 12.2 Å². The number of carbonyl (C=O) groups excluding carboxylic acids is 3. The van der Waals surface area contributed by atoms with Crippen molar-refractivity contribution in [2.24, 2.45) is 0 Å². The molecule has 0 saturated carbocycles. The van der Waals surface area contributed by atoms with Crippen molar-refractivity contribution in [1.29, 1.82) is 0 Å². The molecule has 0 saturated heterocycles. The van der Waals surface area contributed by atoms with Gasteiger partial charge in [-0.25, -0.2) is 0 Å². The van der Waals surface area contributed by atoms with Crippen LogP contribution in [0.3, 0.4) is 0 Å². The van der Waals surface area contributed by atoms with E-state index in [1.165, 1.54) is 23.0 Å². The number of para-hydroxylation sites is 1. The number of Topliss-reactive ketones (excluding diaryl/α,β-unsaturated/α-hetero) is 1. The standard InChI is InChI=1S/C21H20N2O6/c1-12-8-9-15(29-12)17(24)16-18(25)19(26)23(10-11-28-3)21(16)13-6-4-5-7-14(13)22(2)20(21)27/h4-9,25H,10-11H2,1-3H3. The summed E-state index contributed by atoms with van der Waals surface area (Å²) >= 11 is 0. The first-order valence-electron chi connectivity index (χ1n) is 9.09. The first-order valence-corrected chi connectivity index (χ1v) is 9.09. The van der Waals surface area contributed by atoms with E-state index in [1.807, 2.05) is 0 Å². The molecule has 0 radical (unpaired) electrons. The average Bonchev–Trinajstić information content (AvgIpc) is 3.31. The van der Waals surface area contributed by atoms with Gasteiger partial charge in [0.2, 0.25) is 5.78 Å². The Balaban J connectivity index is 1.99. The monoisotopic (exact) mass is 396 g/mol. The van der Waals surface area contributed by atoms with Crippen molar-refractivity contribution in [2.45, 2.75) is 12.5 Å². The van der Waals surface area contributed by atoms with Crippen LogP contribution in [0.5, 0.6) is 0 Å². The number of hydrogen-bond donors (Lipinski definition) is 1. The third-order valence-electron chi connectivity index (χ3n) is 5.43. The maximum absolute atomic E-state index is 13.6. The number of ether oxygens (including phenoxy) is 1. The molecule has 0 aliphatic carbocycles. The number of nitrogens with zero attached hydrogens (tertiary/aromatic N) is 2. The number of aliphatic hydroxyl groups excluding tert-OH is 1. The van der Waals surface area contributed by atoms with Crippen LogP contribution in [0, 0.1) is 6.92 Å². The molecule has 4 rings (SSSR count). The number of aliphatic hydroxyl groups is 1. The molecule has 2 amide bonds. The zero-order chi connectivity index (χ0) is 20.9. The third-order valence-corrected chi connectivity index (χ3v) is 5.43. The molecule has 1 N–H and O–H groups in total. The van der Waals surface area contributed by atoms with Crippen molar-refractivity contribution < 1.29 is 28.6 Å². The van der Waals surface area contributed by atoms with Gasteiger partial charge < -0.3 is 24.1 Å². The van der Waals surface area contributed by atoms with Crippen LogP contribution in [-0.2, 0) is 19.9 Å². The smallest absolute Gasteiger partial charge is 0.290 e. The maximum Gasteiger partial charge on any atom is 0.290 e. The molecular formula is C21H20N2O6. The molecule has 150 valence electrons. The zero-order valence-corrected chi connectivity index (χ0v) is 16.3. The lowest BCUT2D eigenvalue weighted by Gasteiger charge is -2.35. The predicted octanol–water partition coefficient (Wildman–Crippen LogP) is 1.94. The molecule has 1 unspecified atom stereocenters. The highest BCUT2D eigenvalue weighted by Crippen LogP contribution is 2.52. The van der Waals surface area contributed by atoms with Crippen molar-refractivity contribution in [3.63, 3.8) is 0 Å². The second-order valence-corrected chi connectivity index (χ2v) is 7.00. The summed E-state index contributed by atoms with van der Waals surface area (Å²) in [6, 6.07) is 9.97. The van der Waals surface area contributed by atoms with Crippen molar-refractivity contribution in [3.05, 3.63) is 64.8 Å². The molecule has 2 aromatic rings. The molecule has 1 aromatic heterocycles. The normalized spacial score (nSPS) is 20.9. The minimum Gasteiger partial charge on any atom is -0.503 e. The van der Waals surface area contributed by atoms with Crippen LogP contribution in [0.1, 0.15) is 21.9 Å². The number of likely N-dealkylation sites (N-methyl/N-ethyl adjacent to an activating group) is 1. The van der Waals surface area contributed by atoms with Crippen LogP contribution in [0.4, 0.5) is 5.69 Å². The van der Waals surface area contributed by atoms with E-state index in [9.17, 15) is 19.5 Å². The number of furan rings is 1. The minimum absolute atomic E-state index is 0.0151. The fraction of sp³-hybridized carbons (Fsp3) is 0.286. The Morgan fingerprint density at radius 1 is 1.21 bits per heavy atom. The lowest BCUT2D eigenvalue weighted by Crippen LogP contribution is -2.54. The van der Waals surface area contributed by atoms with E-state index in [4.69, 9.17) is 9.15 Å². The number of hydrogen-bond acceptors (Lipinski definition) is 6. The van der Waals surface area contributed by atoms with Gasteiger partial charge in [-0.3, -0.25) is 14.4 Å². The van der Waals surface area contributed by atoms with Gasteiger partial charge in [0.15, 0.2) is 17.1 Å². The largest absolute Gasteiger partial charge is 0.503 e. The molecular weight excluding hydrogens is 376 g/mol. The number of carbonyl (C=O) groups is 3. The van der Waals surface area contributed by atoms with Crippen LogP contribution in [0.25, 0.3) is 0 Å². The van der Waals surface area contributed by atoms with Gasteiger partial charge in [-0.2, -0.15) is 0 Å². The molecule has 2 aliphatic rings. The quantitative estimate of drug-likeness (QED) is 0.776. The van der Waals surface area contributed by atoms with Crippen LogP contribution < -0.4 is 4.90 Å². The van der Waals surface area contributed by atoms with E-state index in [2.05, 4.69) is 0 Å². The molecule has 8 heteroatoms. The first-order chi connectivity index (χ1) is 13.9. The zero-order valence-electron chi connectivity index (χ0n) is 16.3. The van der Waals surface area contributed by atoms with E-state index in [-0.39, 0.29) is 24.5 Å². The highest BCUT2D eigenvalue weighted by molar-refractivity contribution is 6.25. The number of methoxy groups -OCH3 is 1. The van der Waals surface area contributed by atoms with E-state index in [0.29, 0.717) is 17.0 Å². The molecule has 3 heterocycles. The Kier molecular flexibility index (Phi) is 4.31. The summed E-state index contributed by atoms with van der Waals surface area (Å²) in [5.74, 6) is -2.31. The summed E-state index contributed by atoms with van der Waals surface area (Å²) in [5, 5.41) is 10.7. The van der Waals surface area contributed by atoms with Crippen molar-refractivity contribution in [3.8, 4) is 0 Å². The van der Waals surface area contributed by atoms with Crippen molar-refractivity contribution >= 4 is 23.3 Å². The second kappa shape index (κ2) is 6.59. The van der Waals surface area contributed by atoms with E-state index in [1.54, 1.807) is 44.3 Å². The summed E-state index contributed by atoms with van der Waals surface area (Å²) in [4.78, 5) is 42.5. The van der Waals surface area contributed by atoms with Crippen LogP contribution >= 0.6 is 0 Å². The van der Waals surface area contributed by atoms with Gasteiger partial charge in [0.25, 0.3) is 11.8 Å². The maximum atomic E-state index is 13.6. The van der Waals surface area contributed by atoms with E-state index < -0.39 is 28.9 Å². The number of amides is 2. The Labute approximate surface area is 167 Å². The average molecular weight is 396 g/mol. The number of aryl methyl sites for hydroxylation is 1. The number of fused-ring (bicyclic) bond motifs is 2. The van der Waals surface area contributed by atoms with E-state index >= 15 is 0 Å². The minimum atomic E-state index is -1.77. The van der Waals surface area contributed by atoms with Crippen molar-refractivity contribution in [2.75, 3.05) is 32.2 Å². The van der Waals surface area contributed by atoms with Crippen LogP contribution in [0.2, 0.25) is 0 Å². The highest BCUT2D eigenvalue weighted by Gasteiger charge is 2.65. The molecule has 1 spiro atoms. The summed E-state index contributed by atoms with van der Waals surface area (Å²) in [6.07, 6.45) is 0. The summed E-state index contributed by atoms with van der Waals surface area (Å²) in [5.41, 5.74) is -1.06. The third kappa shape index (κ3) is 2.39. The second-order valence-electron chi connectivity index (χ2n) is 7.00. The topological polar surface area (TPSA) is 100 Å². The van der Waals surface area contributed by atoms with Gasteiger partial charge in [-0.1, -0.05) is 18.2 Å². The fourth-order valence-corrected chi connectivity index (χ4v) is 4.14. The fourth-order valence-electron chi connectivity index (χ4n) is 4.14. The lowest BCUT2D eigenvalue weighted by atomic mass is 9.81. The highest BCUT2D eigenvalue weighted by atomic mass is 16.5. The Bertz CT molecular complexity index is 1070. The van der Waals surface area contributed by atoms with Crippen molar-refractivity contribution in [1.82, 2.24) is 4.90 Å². The molecule has 1 aromatic carbocycles. The van der Waals surface area contributed by atoms with Crippen LogP contribution in [-0.4, -0.2) is 54.9 Å². The summed E-state index contributed by atoms with van der Waals surface area (Å²) < 4.78 is 10.5. The number of anilines is 1. The van der Waals surface area contributed by atoms with Gasteiger partial charge in [-0.15, -0.1) is 0 Å². The first kappa shape index (κ1) is 18.9. The summed E-state index contributed by atoms with van der Waals surface area (Å²) in [7, 11) is 3.04. The molecule has 8 nitrogen and oxygen atoms in total. The molecule has 2 aliphatic heterocycles. The molecule has 0 bridgehead atoms. The van der Waals surface area contributed by atoms with Gasteiger partial charge in [0.1, 0.15) is 5.76 Å². The predicted molar refractivity (Wildman–Crippen MR) is 103 cm³/mol. The van der Waals surface area contributed by atoms with Crippen LogP contribution in [0.15, 0.2) is 52.1 Å². The summed E-state index contributed by atoms with van der Waals surface area (Å²) in [6.45, 7) is 1.82. The molecule has 1 atom stereocenters. The van der Waals surface area contributed by atoms with Gasteiger partial charge in [0, 0.05) is 32.0 Å². The Morgan fingerprint density at radius 2 is 1.93 bits per heavy atom. The van der Waals surface area contributed by atoms with E-state index in [0.717, 1.165) is 0 Å². The Morgan fingerprint density at radius 3 is 2.59 bits per heavy atom. The number of rotatable bonds is 5. The Hall–Kier alpha value is -3.39.